The van der Waals surface area contributed by atoms with Crippen molar-refractivity contribution < 1.29 is 19.0 Å². The molecule has 0 aliphatic carbocycles. The van der Waals surface area contributed by atoms with Gasteiger partial charge >= 0.3 is 0 Å². The lowest BCUT2D eigenvalue weighted by Crippen LogP contribution is -2.44. The van der Waals surface area contributed by atoms with Gasteiger partial charge in [-0.15, -0.1) is 0 Å². The van der Waals surface area contributed by atoms with Crippen LogP contribution in [0.4, 0.5) is 4.39 Å². The predicted octanol–water partition coefficient (Wildman–Crippen LogP) is 2.90. The van der Waals surface area contributed by atoms with E-state index in [0.717, 1.165) is 19.4 Å². The Hall–Kier alpha value is -1.30. The molecular weight excluding hydrogens is 309 g/mol. The summed E-state index contributed by atoms with van der Waals surface area (Å²) in [7, 11) is 0. The van der Waals surface area contributed by atoms with Crippen LogP contribution in [0.3, 0.4) is 0 Å². The molecule has 4 nitrogen and oxygen atoms in total. The molecule has 2 atom stereocenters. The van der Waals surface area contributed by atoms with E-state index in [0.29, 0.717) is 18.7 Å². The monoisotopic (exact) mass is 337 g/mol. The van der Waals surface area contributed by atoms with Crippen molar-refractivity contribution in [3.8, 4) is 0 Å². The van der Waals surface area contributed by atoms with E-state index in [-0.39, 0.29) is 29.7 Å². The number of ketones is 1. The number of ether oxygens (including phenoxy) is 1. The molecule has 1 aliphatic rings. The summed E-state index contributed by atoms with van der Waals surface area (Å²) in [4.78, 5) is 14.7. The van der Waals surface area contributed by atoms with Gasteiger partial charge in [0, 0.05) is 24.6 Å². The van der Waals surface area contributed by atoms with E-state index in [4.69, 9.17) is 4.74 Å². The number of halogens is 1. The van der Waals surface area contributed by atoms with Gasteiger partial charge in [-0.05, 0) is 64.4 Å². The van der Waals surface area contributed by atoms with Crippen LogP contribution in [-0.4, -0.2) is 53.7 Å². The molecule has 134 valence electrons. The molecule has 1 aromatic rings. The molecule has 1 aliphatic heterocycles. The van der Waals surface area contributed by atoms with Crippen molar-refractivity contribution in [2.24, 2.45) is 5.92 Å². The number of aliphatic hydroxyl groups is 1. The standard InChI is InChI=1S/C19H28FNO3/c1-19(2,3)24-13-17(22)12-21-10-4-5-15(11-21)18(23)14-6-8-16(20)9-7-14/h6-9,15,17,22H,4-5,10-13H2,1-3H3. The fraction of sp³-hybridized carbons (Fsp3) is 0.632. The number of rotatable bonds is 6. The Labute approximate surface area is 143 Å². The fourth-order valence-electron chi connectivity index (χ4n) is 2.98. The van der Waals surface area contributed by atoms with Crippen LogP contribution in [0.15, 0.2) is 24.3 Å². The van der Waals surface area contributed by atoms with Gasteiger partial charge in [0.1, 0.15) is 5.82 Å². The number of hydrogen-bond donors (Lipinski definition) is 1. The lowest BCUT2D eigenvalue weighted by atomic mass is 9.90. The van der Waals surface area contributed by atoms with Gasteiger partial charge in [0.2, 0.25) is 0 Å². The van der Waals surface area contributed by atoms with E-state index in [1.807, 2.05) is 20.8 Å². The molecular formula is C19H28FNO3. The molecule has 1 N–H and O–H groups in total. The molecule has 0 bridgehead atoms. The third-order valence-corrected chi connectivity index (χ3v) is 4.18. The van der Waals surface area contributed by atoms with Crippen LogP contribution in [0.5, 0.6) is 0 Å². The zero-order chi connectivity index (χ0) is 17.7. The van der Waals surface area contributed by atoms with Crippen LogP contribution in [0.1, 0.15) is 44.0 Å². The minimum Gasteiger partial charge on any atom is -0.389 e. The fourth-order valence-corrected chi connectivity index (χ4v) is 2.98. The Morgan fingerprint density at radius 1 is 1.38 bits per heavy atom. The van der Waals surface area contributed by atoms with Gasteiger partial charge in [-0.3, -0.25) is 9.69 Å². The Morgan fingerprint density at radius 3 is 2.67 bits per heavy atom. The van der Waals surface area contributed by atoms with Gasteiger partial charge < -0.3 is 9.84 Å². The summed E-state index contributed by atoms with van der Waals surface area (Å²) < 4.78 is 18.6. The number of Topliss-reactive ketones (excluding diaryl/α,β-unsaturated/α-hetero) is 1. The first-order valence-corrected chi connectivity index (χ1v) is 8.59. The van der Waals surface area contributed by atoms with Crippen molar-refractivity contribution in [2.45, 2.75) is 45.3 Å². The smallest absolute Gasteiger partial charge is 0.167 e. The van der Waals surface area contributed by atoms with E-state index in [9.17, 15) is 14.3 Å². The first kappa shape index (κ1) is 19.0. The molecule has 0 saturated carbocycles. The lowest BCUT2D eigenvalue weighted by molar-refractivity contribution is -0.0579. The lowest BCUT2D eigenvalue weighted by Gasteiger charge is -2.33. The second-order valence-corrected chi connectivity index (χ2v) is 7.55. The minimum absolute atomic E-state index is 0.0557. The van der Waals surface area contributed by atoms with Gasteiger partial charge in [-0.1, -0.05) is 0 Å². The zero-order valence-corrected chi connectivity index (χ0v) is 14.8. The molecule has 0 spiro atoms. The summed E-state index contributed by atoms with van der Waals surface area (Å²) >= 11 is 0. The van der Waals surface area contributed by atoms with E-state index < -0.39 is 6.10 Å². The first-order valence-electron chi connectivity index (χ1n) is 8.59. The maximum atomic E-state index is 13.0. The van der Waals surface area contributed by atoms with Crippen LogP contribution in [0.2, 0.25) is 0 Å². The van der Waals surface area contributed by atoms with Crippen LogP contribution in [0, 0.1) is 11.7 Å². The van der Waals surface area contributed by atoms with Crippen LogP contribution < -0.4 is 0 Å². The van der Waals surface area contributed by atoms with Gasteiger partial charge in [-0.2, -0.15) is 0 Å². The third kappa shape index (κ3) is 5.96. The van der Waals surface area contributed by atoms with Crippen molar-refractivity contribution in [3.05, 3.63) is 35.6 Å². The molecule has 0 aromatic heterocycles. The van der Waals surface area contributed by atoms with Gasteiger partial charge in [0.15, 0.2) is 5.78 Å². The van der Waals surface area contributed by atoms with Gasteiger partial charge in [0.05, 0.1) is 18.3 Å². The summed E-state index contributed by atoms with van der Waals surface area (Å²) in [6.45, 7) is 8.16. The topological polar surface area (TPSA) is 49.8 Å². The van der Waals surface area contributed by atoms with Crippen molar-refractivity contribution in [1.29, 1.82) is 0 Å². The number of likely N-dealkylation sites (tertiary alicyclic amines) is 1. The van der Waals surface area contributed by atoms with Crippen molar-refractivity contribution >= 4 is 5.78 Å². The molecule has 2 unspecified atom stereocenters. The van der Waals surface area contributed by atoms with Gasteiger partial charge in [0.25, 0.3) is 0 Å². The highest BCUT2D eigenvalue weighted by Crippen LogP contribution is 2.21. The summed E-state index contributed by atoms with van der Waals surface area (Å²) in [5, 5.41) is 10.1. The van der Waals surface area contributed by atoms with Gasteiger partial charge in [-0.25, -0.2) is 4.39 Å². The second-order valence-electron chi connectivity index (χ2n) is 7.55. The molecule has 0 radical (unpaired) electrons. The van der Waals surface area contributed by atoms with Crippen molar-refractivity contribution in [3.63, 3.8) is 0 Å². The molecule has 24 heavy (non-hydrogen) atoms. The average molecular weight is 337 g/mol. The number of carbonyl (C=O) groups excluding carboxylic acids is 1. The second kappa shape index (κ2) is 8.19. The number of carbonyl (C=O) groups is 1. The quantitative estimate of drug-likeness (QED) is 0.811. The number of β-amino-alcohol motifs (C(OH)–C–C–N with tert-alkyl or cyclic N) is 1. The highest BCUT2D eigenvalue weighted by molar-refractivity contribution is 5.98. The molecule has 0 amide bonds. The van der Waals surface area contributed by atoms with Crippen LogP contribution in [-0.2, 0) is 4.74 Å². The summed E-state index contributed by atoms with van der Waals surface area (Å²) in [5.74, 6) is -0.376. The predicted molar refractivity (Wildman–Crippen MR) is 91.6 cm³/mol. The molecule has 2 rings (SSSR count). The number of nitrogens with zero attached hydrogens (tertiary/aromatic N) is 1. The Kier molecular flexibility index (Phi) is 6.49. The Morgan fingerprint density at radius 2 is 2.04 bits per heavy atom. The molecule has 1 saturated heterocycles. The SMILES string of the molecule is CC(C)(C)OCC(O)CN1CCCC(C(=O)c2ccc(F)cc2)C1. The Balaban J connectivity index is 1.87. The minimum atomic E-state index is -0.566. The summed E-state index contributed by atoms with van der Waals surface area (Å²) in [6, 6.07) is 5.73. The third-order valence-electron chi connectivity index (χ3n) is 4.18. The number of piperidine rings is 1. The normalized spacial score (nSPS) is 20.8. The number of hydrogen-bond acceptors (Lipinski definition) is 4. The maximum absolute atomic E-state index is 13.0. The molecule has 1 heterocycles. The largest absolute Gasteiger partial charge is 0.389 e. The van der Waals surface area contributed by atoms with E-state index in [2.05, 4.69) is 4.90 Å². The van der Waals surface area contributed by atoms with Crippen molar-refractivity contribution in [1.82, 2.24) is 4.90 Å². The first-order chi connectivity index (χ1) is 11.2. The van der Waals surface area contributed by atoms with E-state index in [1.54, 1.807) is 12.1 Å². The molecule has 5 heteroatoms. The summed E-state index contributed by atoms with van der Waals surface area (Å²) in [5.41, 5.74) is 0.282. The average Bonchev–Trinajstić information content (AvgIpc) is 2.53. The summed E-state index contributed by atoms with van der Waals surface area (Å²) in [6.07, 6.45) is 1.19. The number of benzene rings is 1. The highest BCUT2D eigenvalue weighted by Gasteiger charge is 2.27. The van der Waals surface area contributed by atoms with Crippen LogP contribution >= 0.6 is 0 Å². The molecule has 1 fully saturated rings. The van der Waals surface area contributed by atoms with Crippen LogP contribution in [0.25, 0.3) is 0 Å². The zero-order valence-electron chi connectivity index (χ0n) is 14.8. The number of aliphatic hydroxyl groups excluding tert-OH is 1. The highest BCUT2D eigenvalue weighted by atomic mass is 19.1. The maximum Gasteiger partial charge on any atom is 0.167 e. The Bertz CT molecular complexity index is 539. The van der Waals surface area contributed by atoms with E-state index >= 15 is 0 Å². The molecule has 1 aromatic carbocycles. The van der Waals surface area contributed by atoms with E-state index in [1.165, 1.54) is 12.1 Å². The van der Waals surface area contributed by atoms with Crippen molar-refractivity contribution in [2.75, 3.05) is 26.2 Å².